The van der Waals surface area contributed by atoms with Crippen LogP contribution in [0.25, 0.3) is 5.69 Å². The van der Waals surface area contributed by atoms with Crippen LogP contribution < -0.4 is 15.2 Å². The highest BCUT2D eigenvalue weighted by Crippen LogP contribution is 2.24. The molecule has 0 aliphatic carbocycles. The number of aromatic nitrogens is 3. The third-order valence-electron chi connectivity index (χ3n) is 3.63. The summed E-state index contributed by atoms with van der Waals surface area (Å²) in [5.41, 5.74) is 0.348. The molecule has 0 aliphatic rings. The Bertz CT molecular complexity index is 994. The number of ether oxygens (including phenoxy) is 2. The maximum absolute atomic E-state index is 12.6. The molecule has 0 atom stereocenters. The van der Waals surface area contributed by atoms with Gasteiger partial charge in [-0.1, -0.05) is 0 Å². The third-order valence-corrected chi connectivity index (χ3v) is 3.63. The van der Waals surface area contributed by atoms with E-state index in [2.05, 4.69) is 9.72 Å². The zero-order chi connectivity index (χ0) is 19.6. The van der Waals surface area contributed by atoms with Crippen molar-refractivity contribution in [2.75, 3.05) is 7.11 Å². The van der Waals surface area contributed by atoms with Gasteiger partial charge in [-0.3, -0.25) is 4.57 Å². The van der Waals surface area contributed by atoms with Gasteiger partial charge in [0, 0.05) is 12.3 Å². The van der Waals surface area contributed by atoms with Crippen LogP contribution in [0.15, 0.2) is 53.6 Å². The highest BCUT2D eigenvalue weighted by molar-refractivity contribution is 5.40. The van der Waals surface area contributed by atoms with Crippen molar-refractivity contribution in [1.82, 2.24) is 14.1 Å². The Morgan fingerprint density at radius 1 is 1.19 bits per heavy atom. The van der Waals surface area contributed by atoms with E-state index in [1.54, 1.807) is 12.1 Å². The zero-order valence-electron chi connectivity index (χ0n) is 14.0. The van der Waals surface area contributed by atoms with E-state index in [9.17, 15) is 23.1 Å². The lowest BCUT2D eigenvalue weighted by atomic mass is 10.2. The fourth-order valence-corrected chi connectivity index (χ4v) is 2.49. The molecule has 0 bridgehead atoms. The number of imidazole rings is 1. The maximum atomic E-state index is 12.6. The van der Waals surface area contributed by atoms with E-state index in [-0.39, 0.29) is 18.1 Å². The molecule has 1 N–H and O–H groups in total. The van der Waals surface area contributed by atoms with Gasteiger partial charge in [-0.15, -0.1) is 13.2 Å². The number of hydrogen-bond donors (Lipinski definition) is 1. The van der Waals surface area contributed by atoms with Crippen LogP contribution in [0, 0.1) is 0 Å². The molecule has 0 unspecified atom stereocenters. The predicted octanol–water partition coefficient (Wildman–Crippen LogP) is 2.70. The molecular weight excluding hydrogens is 367 g/mol. The van der Waals surface area contributed by atoms with Crippen molar-refractivity contribution in [3.63, 3.8) is 0 Å². The van der Waals surface area contributed by atoms with E-state index < -0.39 is 17.8 Å². The molecule has 3 rings (SSSR count). The lowest BCUT2D eigenvalue weighted by Gasteiger charge is -2.09. The number of hydrogen-bond acceptors (Lipinski definition) is 5. The first kappa shape index (κ1) is 18.4. The average Bonchev–Trinajstić information content (AvgIpc) is 2.88. The van der Waals surface area contributed by atoms with Crippen molar-refractivity contribution in [3.05, 3.63) is 64.8 Å². The highest BCUT2D eigenvalue weighted by atomic mass is 19.4. The summed E-state index contributed by atoms with van der Waals surface area (Å²) in [6.07, 6.45) is -2.06. The number of rotatable bonds is 5. The van der Waals surface area contributed by atoms with Crippen LogP contribution in [0.2, 0.25) is 0 Å². The molecule has 1 aromatic carbocycles. The lowest BCUT2D eigenvalue weighted by molar-refractivity contribution is -0.274. The van der Waals surface area contributed by atoms with E-state index in [1.807, 2.05) is 0 Å². The van der Waals surface area contributed by atoms with Crippen molar-refractivity contribution in [1.29, 1.82) is 0 Å². The molecule has 0 radical (unpaired) electrons. The summed E-state index contributed by atoms with van der Waals surface area (Å²) in [6, 6.07) is 7.92. The fraction of sp³-hybridized carbons (Fsp3) is 0.176. The average molecular weight is 381 g/mol. The first-order chi connectivity index (χ1) is 12.8. The molecule has 0 aliphatic heterocycles. The molecule has 0 fully saturated rings. The maximum Gasteiger partial charge on any atom is 0.573 e. The van der Waals surface area contributed by atoms with Crippen LogP contribution in [-0.2, 0) is 6.54 Å². The van der Waals surface area contributed by atoms with E-state index >= 15 is 0 Å². The van der Waals surface area contributed by atoms with Gasteiger partial charge in [-0.05, 0) is 35.9 Å². The van der Waals surface area contributed by atoms with Crippen LogP contribution in [0.3, 0.4) is 0 Å². The van der Waals surface area contributed by atoms with Crippen molar-refractivity contribution in [2.24, 2.45) is 0 Å². The summed E-state index contributed by atoms with van der Waals surface area (Å²) in [5.74, 6) is -0.405. The van der Waals surface area contributed by atoms with Crippen molar-refractivity contribution >= 4 is 0 Å². The van der Waals surface area contributed by atoms with Gasteiger partial charge in [0.1, 0.15) is 5.75 Å². The minimum atomic E-state index is -4.81. The van der Waals surface area contributed by atoms with Crippen LogP contribution >= 0.6 is 0 Å². The number of benzene rings is 1. The predicted molar refractivity (Wildman–Crippen MR) is 88.3 cm³/mol. The first-order valence-electron chi connectivity index (χ1n) is 7.63. The molecule has 2 heterocycles. The van der Waals surface area contributed by atoms with Crippen molar-refractivity contribution in [2.45, 2.75) is 12.9 Å². The number of pyridine rings is 1. The number of alkyl halides is 3. The molecular formula is C17H14F3N3O4. The van der Waals surface area contributed by atoms with Gasteiger partial charge in [0.15, 0.2) is 0 Å². The lowest BCUT2D eigenvalue weighted by Crippen LogP contribution is -2.23. The molecule has 142 valence electrons. The Balaban J connectivity index is 1.88. The Morgan fingerprint density at radius 3 is 2.52 bits per heavy atom. The van der Waals surface area contributed by atoms with E-state index in [4.69, 9.17) is 4.74 Å². The highest BCUT2D eigenvalue weighted by Gasteiger charge is 2.31. The van der Waals surface area contributed by atoms with Crippen LogP contribution in [-0.4, -0.2) is 32.7 Å². The molecule has 0 saturated heterocycles. The van der Waals surface area contributed by atoms with Gasteiger partial charge in [0.2, 0.25) is 11.8 Å². The quantitative estimate of drug-likeness (QED) is 0.735. The smallest absolute Gasteiger partial charge is 0.493 e. The Labute approximate surface area is 150 Å². The molecule has 0 amide bonds. The van der Waals surface area contributed by atoms with Gasteiger partial charge < -0.3 is 14.6 Å². The molecule has 3 aromatic rings. The van der Waals surface area contributed by atoms with Gasteiger partial charge in [-0.25, -0.2) is 14.3 Å². The largest absolute Gasteiger partial charge is 0.573 e. The number of aromatic hydroxyl groups is 1. The number of nitrogens with zero attached hydrogens (tertiary/aromatic N) is 3. The Kier molecular flexibility index (Phi) is 4.80. The standard InChI is InChI=1S/C17H14F3N3O4/c1-26-14-8-11(6-7-21-14)9-22-10-15(24)23(16(22)25)12-2-4-13(5-3-12)27-17(18,19)20/h2-8,10,24H,9H2,1H3. The molecule has 2 aromatic heterocycles. The zero-order valence-corrected chi connectivity index (χ0v) is 14.0. The van der Waals surface area contributed by atoms with Crippen LogP contribution in [0.1, 0.15) is 5.56 Å². The Morgan fingerprint density at radius 2 is 1.89 bits per heavy atom. The van der Waals surface area contributed by atoms with Crippen molar-refractivity contribution in [3.8, 4) is 23.2 Å². The van der Waals surface area contributed by atoms with Crippen LogP contribution in [0.4, 0.5) is 13.2 Å². The molecule has 27 heavy (non-hydrogen) atoms. The number of halogens is 3. The topological polar surface area (TPSA) is 78.5 Å². The van der Waals surface area contributed by atoms with E-state index in [1.165, 1.54) is 36.2 Å². The van der Waals surface area contributed by atoms with Gasteiger partial charge >= 0.3 is 12.1 Å². The monoisotopic (exact) mass is 381 g/mol. The first-order valence-corrected chi connectivity index (χ1v) is 7.63. The molecule has 7 nitrogen and oxygen atoms in total. The molecule has 10 heteroatoms. The van der Waals surface area contributed by atoms with E-state index in [0.717, 1.165) is 22.3 Å². The third kappa shape index (κ3) is 4.22. The minimum Gasteiger partial charge on any atom is -0.493 e. The second kappa shape index (κ2) is 7.06. The normalized spacial score (nSPS) is 11.4. The second-order valence-electron chi connectivity index (χ2n) is 5.48. The second-order valence-corrected chi connectivity index (χ2v) is 5.48. The number of methoxy groups -OCH3 is 1. The van der Waals surface area contributed by atoms with Gasteiger partial charge in [0.05, 0.1) is 25.5 Å². The fourth-order valence-electron chi connectivity index (χ4n) is 2.49. The van der Waals surface area contributed by atoms with Gasteiger partial charge in [-0.2, -0.15) is 0 Å². The SMILES string of the molecule is COc1cc(Cn2cc(O)n(-c3ccc(OC(F)(F)F)cc3)c2=O)ccn1. The summed E-state index contributed by atoms with van der Waals surface area (Å²) in [4.78, 5) is 16.5. The Hall–Kier alpha value is -3.43. The summed E-state index contributed by atoms with van der Waals surface area (Å²) < 4.78 is 47.7. The summed E-state index contributed by atoms with van der Waals surface area (Å²) in [5, 5.41) is 10.1. The minimum absolute atomic E-state index is 0.146. The van der Waals surface area contributed by atoms with E-state index in [0.29, 0.717) is 5.88 Å². The molecule has 0 spiro atoms. The summed E-state index contributed by atoms with van der Waals surface area (Å²) >= 11 is 0. The molecule has 0 saturated carbocycles. The summed E-state index contributed by atoms with van der Waals surface area (Å²) in [6.45, 7) is 0.146. The van der Waals surface area contributed by atoms with Crippen LogP contribution in [0.5, 0.6) is 17.5 Å². The van der Waals surface area contributed by atoms with Gasteiger partial charge in [0.25, 0.3) is 0 Å². The summed E-state index contributed by atoms with van der Waals surface area (Å²) in [7, 11) is 1.47. The van der Waals surface area contributed by atoms with Crippen molar-refractivity contribution < 1.29 is 27.8 Å².